The van der Waals surface area contributed by atoms with Crippen LogP contribution in [-0.4, -0.2) is 30.0 Å². The molecule has 0 aliphatic rings. The summed E-state index contributed by atoms with van der Waals surface area (Å²) in [6.45, 7) is 1.70. The van der Waals surface area contributed by atoms with E-state index in [1.807, 2.05) is 0 Å². The van der Waals surface area contributed by atoms with Gasteiger partial charge in [-0.05, 0) is 25.5 Å². The molecule has 0 radical (unpaired) electrons. The number of fused-ring (bicyclic) bond motifs is 1. The van der Waals surface area contributed by atoms with E-state index >= 15 is 0 Å². The third-order valence-corrected chi connectivity index (χ3v) is 5.17. The molecule has 0 spiro atoms. The number of pyridine rings is 1. The Kier molecular flexibility index (Phi) is 4.43. The van der Waals surface area contributed by atoms with Gasteiger partial charge in [0.05, 0.1) is 21.0 Å². The highest BCUT2D eigenvalue weighted by Crippen LogP contribution is 2.31. The monoisotopic (exact) mass is 328 g/mol. The van der Waals surface area contributed by atoms with Crippen LogP contribution in [0.25, 0.3) is 10.8 Å². The number of halogens is 1. The van der Waals surface area contributed by atoms with Gasteiger partial charge < -0.3 is 0 Å². The van der Waals surface area contributed by atoms with Crippen LogP contribution in [0.1, 0.15) is 12.1 Å². The molecule has 1 aromatic heterocycles. The maximum atomic E-state index is 12.3. The van der Waals surface area contributed by atoms with Gasteiger partial charge in [-0.2, -0.15) is 0 Å². The van der Waals surface area contributed by atoms with Crippen molar-refractivity contribution < 1.29 is 13.3 Å². The van der Waals surface area contributed by atoms with Gasteiger partial charge in [-0.1, -0.05) is 0 Å². The Morgan fingerprint density at radius 1 is 1.33 bits per heavy atom. The maximum Gasteiger partial charge on any atom is 0.278 e. The highest BCUT2D eigenvalue weighted by Gasteiger charge is 2.22. The SMILES string of the molecule is Cc1cc2c(S(=O)(=O)CCCCl)ccc([N+](=O)[O-])c2cn1. The van der Waals surface area contributed by atoms with Crippen molar-refractivity contribution in [3.8, 4) is 0 Å². The maximum absolute atomic E-state index is 12.3. The minimum Gasteiger partial charge on any atom is -0.261 e. The molecule has 112 valence electrons. The summed E-state index contributed by atoms with van der Waals surface area (Å²) >= 11 is 5.54. The zero-order valence-electron chi connectivity index (χ0n) is 11.2. The lowest BCUT2D eigenvalue weighted by Crippen LogP contribution is -2.08. The summed E-state index contributed by atoms with van der Waals surface area (Å²) in [5.41, 5.74) is 0.436. The van der Waals surface area contributed by atoms with E-state index in [0.29, 0.717) is 17.5 Å². The largest absolute Gasteiger partial charge is 0.278 e. The van der Waals surface area contributed by atoms with E-state index in [4.69, 9.17) is 11.6 Å². The van der Waals surface area contributed by atoms with Gasteiger partial charge in [0, 0.05) is 29.2 Å². The van der Waals surface area contributed by atoms with Gasteiger partial charge in [0.15, 0.2) is 9.84 Å². The highest BCUT2D eigenvalue weighted by molar-refractivity contribution is 7.91. The summed E-state index contributed by atoms with van der Waals surface area (Å²) in [7, 11) is -3.54. The molecule has 6 nitrogen and oxygen atoms in total. The molecule has 0 N–H and O–H groups in total. The molecule has 0 fully saturated rings. The van der Waals surface area contributed by atoms with Gasteiger partial charge in [0.1, 0.15) is 0 Å². The number of alkyl halides is 1. The lowest BCUT2D eigenvalue weighted by atomic mass is 10.1. The second-order valence-electron chi connectivity index (χ2n) is 4.57. The molecule has 1 heterocycles. The van der Waals surface area contributed by atoms with Crippen molar-refractivity contribution in [2.24, 2.45) is 0 Å². The molecule has 8 heteroatoms. The molecule has 0 atom stereocenters. The van der Waals surface area contributed by atoms with Crippen molar-refractivity contribution in [3.63, 3.8) is 0 Å². The van der Waals surface area contributed by atoms with E-state index in [1.54, 1.807) is 13.0 Å². The van der Waals surface area contributed by atoms with Crippen LogP contribution >= 0.6 is 11.6 Å². The van der Waals surface area contributed by atoms with Gasteiger partial charge >= 0.3 is 0 Å². The molecule has 0 aliphatic carbocycles. The van der Waals surface area contributed by atoms with Crippen LogP contribution in [0.4, 0.5) is 5.69 Å². The van der Waals surface area contributed by atoms with Crippen LogP contribution in [0, 0.1) is 17.0 Å². The average Bonchev–Trinajstić information content (AvgIpc) is 2.43. The average molecular weight is 329 g/mol. The standard InChI is InChI=1S/C13H13ClN2O4S/c1-9-7-10-11(8-15-9)12(16(17)18)3-4-13(10)21(19,20)6-2-5-14/h3-4,7-8H,2,5-6H2,1H3. The number of nitro groups is 1. The zero-order chi connectivity index (χ0) is 15.6. The van der Waals surface area contributed by atoms with Crippen LogP contribution in [0.2, 0.25) is 0 Å². The number of aryl methyl sites for hydroxylation is 1. The minimum absolute atomic E-state index is 0.0821. The predicted molar refractivity (Wildman–Crippen MR) is 80.5 cm³/mol. The Bertz CT molecular complexity index is 805. The lowest BCUT2D eigenvalue weighted by Gasteiger charge is -2.08. The van der Waals surface area contributed by atoms with E-state index in [1.165, 1.54) is 18.3 Å². The van der Waals surface area contributed by atoms with E-state index in [0.717, 1.165) is 0 Å². The number of non-ortho nitro benzene ring substituents is 1. The Balaban J connectivity index is 2.74. The normalized spacial score (nSPS) is 11.7. The van der Waals surface area contributed by atoms with Crippen molar-refractivity contribution in [1.29, 1.82) is 0 Å². The third-order valence-electron chi connectivity index (χ3n) is 3.05. The Hall–Kier alpha value is -1.73. The summed E-state index contributed by atoms with van der Waals surface area (Å²) in [6, 6.07) is 4.03. The number of aromatic nitrogens is 1. The number of nitro benzene ring substituents is 1. The van der Waals surface area contributed by atoms with Crippen LogP contribution in [0.15, 0.2) is 29.3 Å². The number of hydrogen-bond acceptors (Lipinski definition) is 5. The quantitative estimate of drug-likeness (QED) is 0.478. The fourth-order valence-electron chi connectivity index (χ4n) is 2.09. The van der Waals surface area contributed by atoms with Crippen molar-refractivity contribution >= 4 is 37.9 Å². The van der Waals surface area contributed by atoms with E-state index in [-0.39, 0.29) is 27.6 Å². The number of rotatable bonds is 5. The van der Waals surface area contributed by atoms with Gasteiger partial charge in [-0.3, -0.25) is 15.1 Å². The number of benzene rings is 1. The van der Waals surface area contributed by atoms with E-state index in [2.05, 4.69) is 4.98 Å². The fourth-order valence-corrected chi connectivity index (χ4v) is 3.90. The summed E-state index contributed by atoms with van der Waals surface area (Å²) in [6.07, 6.45) is 1.66. The molecule has 0 bridgehead atoms. The molecular weight excluding hydrogens is 316 g/mol. The van der Waals surface area contributed by atoms with Crippen molar-refractivity contribution in [2.75, 3.05) is 11.6 Å². The lowest BCUT2D eigenvalue weighted by molar-refractivity contribution is -0.383. The van der Waals surface area contributed by atoms with Crippen molar-refractivity contribution in [2.45, 2.75) is 18.2 Å². The first-order valence-corrected chi connectivity index (χ1v) is 8.38. The molecule has 21 heavy (non-hydrogen) atoms. The van der Waals surface area contributed by atoms with Gasteiger partial charge in [0.25, 0.3) is 5.69 Å². The van der Waals surface area contributed by atoms with Crippen LogP contribution < -0.4 is 0 Å². The Morgan fingerprint density at radius 2 is 2.05 bits per heavy atom. The minimum atomic E-state index is -3.54. The topological polar surface area (TPSA) is 90.2 Å². The molecule has 2 rings (SSSR count). The highest BCUT2D eigenvalue weighted by atomic mass is 35.5. The number of hydrogen-bond donors (Lipinski definition) is 0. The summed E-state index contributed by atoms with van der Waals surface area (Å²) in [5.74, 6) is 0.148. The molecule has 1 aromatic carbocycles. The van der Waals surface area contributed by atoms with Gasteiger partial charge in [0.2, 0.25) is 0 Å². The first-order chi connectivity index (χ1) is 9.86. The van der Waals surface area contributed by atoms with E-state index in [9.17, 15) is 18.5 Å². The second kappa shape index (κ2) is 5.95. The smallest absolute Gasteiger partial charge is 0.261 e. The molecule has 0 unspecified atom stereocenters. The number of sulfone groups is 1. The molecule has 0 saturated carbocycles. The summed E-state index contributed by atoms with van der Waals surface area (Å²) in [5, 5.41) is 11.6. The molecule has 2 aromatic rings. The second-order valence-corrected chi connectivity index (χ2v) is 7.03. The van der Waals surface area contributed by atoms with Gasteiger partial charge in [-0.15, -0.1) is 11.6 Å². The van der Waals surface area contributed by atoms with Crippen molar-refractivity contribution in [1.82, 2.24) is 4.98 Å². The molecule has 0 amide bonds. The Labute approximate surface area is 126 Å². The van der Waals surface area contributed by atoms with E-state index < -0.39 is 14.8 Å². The molecular formula is C13H13ClN2O4S. The molecule has 0 aliphatic heterocycles. The predicted octanol–water partition coefficient (Wildman–Crippen LogP) is 2.85. The van der Waals surface area contributed by atoms with Crippen LogP contribution in [0.3, 0.4) is 0 Å². The van der Waals surface area contributed by atoms with Gasteiger partial charge in [-0.25, -0.2) is 8.42 Å². The Morgan fingerprint density at radius 3 is 2.67 bits per heavy atom. The van der Waals surface area contributed by atoms with Crippen molar-refractivity contribution in [3.05, 3.63) is 40.2 Å². The van der Waals surface area contributed by atoms with Crippen LogP contribution in [-0.2, 0) is 9.84 Å². The summed E-state index contributed by atoms with van der Waals surface area (Å²) < 4.78 is 24.7. The summed E-state index contributed by atoms with van der Waals surface area (Å²) in [4.78, 5) is 14.6. The van der Waals surface area contributed by atoms with Crippen LogP contribution in [0.5, 0.6) is 0 Å². The fraction of sp³-hybridized carbons (Fsp3) is 0.308. The first kappa shape index (κ1) is 15.7. The first-order valence-electron chi connectivity index (χ1n) is 6.19. The zero-order valence-corrected chi connectivity index (χ0v) is 12.8. The number of nitrogens with zero attached hydrogens (tertiary/aromatic N) is 2. The molecule has 0 saturated heterocycles. The third kappa shape index (κ3) is 3.14.